The van der Waals surface area contributed by atoms with Gasteiger partial charge in [0.2, 0.25) is 0 Å². The normalized spacial score (nSPS) is 10.4. The second-order valence-corrected chi connectivity index (χ2v) is 3.86. The zero-order valence-corrected chi connectivity index (χ0v) is 10.3. The van der Waals surface area contributed by atoms with Crippen molar-refractivity contribution in [2.75, 3.05) is 10.6 Å². The predicted molar refractivity (Wildman–Crippen MR) is 74.3 cm³/mol. The quantitative estimate of drug-likeness (QED) is 0.639. The lowest BCUT2D eigenvalue weighted by atomic mass is 10.2. The van der Waals surface area contributed by atoms with Gasteiger partial charge >= 0.3 is 12.0 Å². The van der Waals surface area contributed by atoms with Crippen molar-refractivity contribution in [3.63, 3.8) is 0 Å². The predicted octanol–water partition coefficient (Wildman–Crippen LogP) is 2.15. The third-order valence-electron chi connectivity index (χ3n) is 2.34. The molecule has 2 amide bonds. The van der Waals surface area contributed by atoms with Gasteiger partial charge in [-0.1, -0.05) is 12.1 Å². The Balaban J connectivity index is 1.93. The van der Waals surface area contributed by atoms with Crippen molar-refractivity contribution in [2.45, 2.75) is 0 Å². The van der Waals surface area contributed by atoms with Gasteiger partial charge in [-0.15, -0.1) is 0 Å². The molecule has 2 rings (SSSR count). The number of H-pyrrole nitrogens is 1. The minimum Gasteiger partial charge on any atom is -0.478 e. The largest absolute Gasteiger partial charge is 0.478 e. The van der Waals surface area contributed by atoms with Crippen LogP contribution in [0.15, 0.2) is 42.7 Å². The average Bonchev–Trinajstić information content (AvgIpc) is 2.90. The number of hydrogen-bond donors (Lipinski definition) is 4. The molecule has 0 radical (unpaired) electrons. The first-order chi connectivity index (χ1) is 9.63. The summed E-state index contributed by atoms with van der Waals surface area (Å²) in [7, 11) is 0. The summed E-state index contributed by atoms with van der Waals surface area (Å²) in [6.07, 6.45) is 5.56. The fraction of sp³-hybridized carbons (Fsp3) is 0. The molecule has 102 valence electrons. The van der Waals surface area contributed by atoms with Gasteiger partial charge in [0, 0.05) is 18.0 Å². The first-order valence-corrected chi connectivity index (χ1v) is 5.71. The second kappa shape index (κ2) is 6.19. The summed E-state index contributed by atoms with van der Waals surface area (Å²) in [6.45, 7) is 0. The number of rotatable bonds is 4. The molecule has 2 aromatic rings. The van der Waals surface area contributed by atoms with Crippen molar-refractivity contribution in [3.8, 4) is 0 Å². The van der Waals surface area contributed by atoms with E-state index >= 15 is 0 Å². The van der Waals surface area contributed by atoms with Crippen LogP contribution >= 0.6 is 0 Å². The van der Waals surface area contributed by atoms with Crippen molar-refractivity contribution >= 4 is 29.5 Å². The third-order valence-corrected chi connectivity index (χ3v) is 2.34. The van der Waals surface area contributed by atoms with Gasteiger partial charge in [-0.2, -0.15) is 5.10 Å². The molecule has 0 spiro atoms. The Labute approximate surface area is 114 Å². The number of aromatic amines is 1. The Morgan fingerprint density at radius 2 is 1.85 bits per heavy atom. The molecule has 20 heavy (non-hydrogen) atoms. The number of carbonyl (C=O) groups is 2. The molecular weight excluding hydrogens is 260 g/mol. The van der Waals surface area contributed by atoms with Gasteiger partial charge in [-0.25, -0.2) is 9.59 Å². The van der Waals surface area contributed by atoms with Crippen LogP contribution in [0.5, 0.6) is 0 Å². The molecule has 0 aliphatic heterocycles. The SMILES string of the molecule is O=C(O)/C=C/c1ccc(NC(=O)Nc2cn[nH]c2)cc1. The maximum Gasteiger partial charge on any atom is 0.328 e. The zero-order chi connectivity index (χ0) is 14.4. The highest BCUT2D eigenvalue weighted by molar-refractivity contribution is 5.99. The van der Waals surface area contributed by atoms with E-state index in [4.69, 9.17) is 5.11 Å². The van der Waals surface area contributed by atoms with Gasteiger partial charge < -0.3 is 15.7 Å². The van der Waals surface area contributed by atoms with Crippen LogP contribution in [-0.2, 0) is 4.79 Å². The van der Waals surface area contributed by atoms with E-state index in [1.165, 1.54) is 12.3 Å². The summed E-state index contributed by atoms with van der Waals surface area (Å²) in [5, 5.41) is 20.0. The van der Waals surface area contributed by atoms with Crippen LogP contribution in [0.3, 0.4) is 0 Å². The number of hydrogen-bond acceptors (Lipinski definition) is 3. The molecule has 0 fully saturated rings. The fourth-order valence-electron chi connectivity index (χ4n) is 1.46. The van der Waals surface area contributed by atoms with Crippen LogP contribution in [0.1, 0.15) is 5.56 Å². The van der Waals surface area contributed by atoms with Gasteiger partial charge in [-0.3, -0.25) is 5.10 Å². The number of nitrogens with zero attached hydrogens (tertiary/aromatic N) is 1. The molecule has 7 nitrogen and oxygen atoms in total. The molecule has 0 aliphatic rings. The van der Waals surface area contributed by atoms with Crippen molar-refractivity contribution in [1.82, 2.24) is 10.2 Å². The van der Waals surface area contributed by atoms with E-state index in [0.717, 1.165) is 11.6 Å². The maximum atomic E-state index is 11.6. The van der Waals surface area contributed by atoms with Crippen molar-refractivity contribution < 1.29 is 14.7 Å². The van der Waals surface area contributed by atoms with Gasteiger partial charge in [0.25, 0.3) is 0 Å². The lowest BCUT2D eigenvalue weighted by molar-refractivity contribution is -0.131. The standard InChI is InChI=1S/C13H12N4O3/c18-12(19)6-3-9-1-4-10(5-2-9)16-13(20)17-11-7-14-15-8-11/h1-8H,(H,14,15)(H,18,19)(H2,16,17,20)/b6-3+. The minimum absolute atomic E-state index is 0.389. The van der Waals surface area contributed by atoms with E-state index in [2.05, 4.69) is 20.8 Å². The molecule has 1 aromatic heterocycles. The average molecular weight is 272 g/mol. The smallest absolute Gasteiger partial charge is 0.328 e. The number of nitrogens with one attached hydrogen (secondary N) is 3. The van der Waals surface area contributed by atoms with E-state index in [1.807, 2.05) is 0 Å². The Kier molecular flexibility index (Phi) is 4.13. The lowest BCUT2D eigenvalue weighted by Gasteiger charge is -2.05. The van der Waals surface area contributed by atoms with E-state index in [1.54, 1.807) is 30.5 Å². The number of carbonyl (C=O) groups excluding carboxylic acids is 1. The first-order valence-electron chi connectivity index (χ1n) is 5.71. The number of aliphatic carboxylic acids is 1. The molecule has 1 heterocycles. The van der Waals surface area contributed by atoms with Crippen molar-refractivity contribution in [2.24, 2.45) is 0 Å². The van der Waals surface area contributed by atoms with Crippen LogP contribution in [0, 0.1) is 0 Å². The monoisotopic (exact) mass is 272 g/mol. The topological polar surface area (TPSA) is 107 Å². The number of urea groups is 1. The highest BCUT2D eigenvalue weighted by atomic mass is 16.4. The van der Waals surface area contributed by atoms with Gasteiger partial charge in [0.05, 0.1) is 11.9 Å². The molecule has 0 bridgehead atoms. The maximum absolute atomic E-state index is 11.6. The van der Waals surface area contributed by atoms with Crippen LogP contribution < -0.4 is 10.6 Å². The lowest BCUT2D eigenvalue weighted by Crippen LogP contribution is -2.18. The number of amides is 2. The Hall–Kier alpha value is -3.09. The molecule has 1 aromatic carbocycles. The summed E-state index contributed by atoms with van der Waals surface area (Å²) in [6, 6.07) is 6.37. The molecular formula is C13H12N4O3. The van der Waals surface area contributed by atoms with Crippen LogP contribution in [0.25, 0.3) is 6.08 Å². The van der Waals surface area contributed by atoms with Gasteiger partial charge in [0.1, 0.15) is 0 Å². The van der Waals surface area contributed by atoms with Crippen LogP contribution in [0.2, 0.25) is 0 Å². The zero-order valence-electron chi connectivity index (χ0n) is 10.3. The number of anilines is 2. The number of benzene rings is 1. The van der Waals surface area contributed by atoms with Crippen molar-refractivity contribution in [1.29, 1.82) is 0 Å². The summed E-state index contributed by atoms with van der Waals surface area (Å²) in [5.41, 5.74) is 1.88. The summed E-state index contributed by atoms with van der Waals surface area (Å²) in [5.74, 6) is -1.01. The van der Waals surface area contributed by atoms with E-state index in [9.17, 15) is 9.59 Å². The Bertz CT molecular complexity index is 618. The number of carboxylic acids is 1. The molecule has 4 N–H and O–H groups in total. The third kappa shape index (κ3) is 3.98. The molecule has 0 atom stereocenters. The highest BCUT2D eigenvalue weighted by Gasteiger charge is 2.02. The Morgan fingerprint density at radius 3 is 2.45 bits per heavy atom. The number of carboxylic acid groups (broad SMARTS) is 1. The Morgan fingerprint density at radius 1 is 1.15 bits per heavy atom. The first kappa shape index (κ1) is 13.3. The fourth-order valence-corrected chi connectivity index (χ4v) is 1.46. The summed E-state index contributed by atoms with van der Waals surface area (Å²) < 4.78 is 0. The van der Waals surface area contributed by atoms with E-state index in [0.29, 0.717) is 11.4 Å². The van der Waals surface area contributed by atoms with Crippen LogP contribution in [0.4, 0.5) is 16.2 Å². The van der Waals surface area contributed by atoms with E-state index < -0.39 is 5.97 Å². The summed E-state index contributed by atoms with van der Waals surface area (Å²) >= 11 is 0. The number of aromatic nitrogens is 2. The second-order valence-electron chi connectivity index (χ2n) is 3.86. The molecule has 7 heteroatoms. The van der Waals surface area contributed by atoms with Crippen molar-refractivity contribution in [3.05, 3.63) is 48.3 Å². The summed E-state index contributed by atoms with van der Waals surface area (Å²) in [4.78, 5) is 22.0. The minimum atomic E-state index is -1.01. The van der Waals surface area contributed by atoms with Crippen LogP contribution in [-0.4, -0.2) is 27.3 Å². The molecule has 0 saturated carbocycles. The van der Waals surface area contributed by atoms with Gasteiger partial charge in [-0.05, 0) is 23.8 Å². The molecule has 0 saturated heterocycles. The van der Waals surface area contributed by atoms with Gasteiger partial charge in [0.15, 0.2) is 0 Å². The van der Waals surface area contributed by atoms with E-state index in [-0.39, 0.29) is 6.03 Å². The highest BCUT2D eigenvalue weighted by Crippen LogP contribution is 2.11. The molecule has 0 unspecified atom stereocenters. The molecule has 0 aliphatic carbocycles.